The minimum Gasteiger partial charge on any atom is -0.495 e. The first-order valence-corrected chi connectivity index (χ1v) is 9.99. The van der Waals surface area contributed by atoms with Crippen molar-refractivity contribution in [2.75, 3.05) is 26.5 Å². The molecule has 2 aliphatic rings. The molecule has 5 heteroatoms. The van der Waals surface area contributed by atoms with E-state index in [9.17, 15) is 4.39 Å². The number of allylic oxidation sites excluding steroid dienone is 4. The number of halogens is 1. The first kappa shape index (κ1) is 20.5. The van der Waals surface area contributed by atoms with Crippen molar-refractivity contribution >= 4 is 5.69 Å². The Morgan fingerprint density at radius 1 is 1.39 bits per heavy atom. The average molecular weight is 386 g/mol. The fourth-order valence-electron chi connectivity index (χ4n) is 4.13. The Morgan fingerprint density at radius 2 is 2.18 bits per heavy atom. The molecule has 1 aromatic carbocycles. The predicted molar refractivity (Wildman–Crippen MR) is 114 cm³/mol. The van der Waals surface area contributed by atoms with Crippen molar-refractivity contribution in [3.8, 4) is 5.75 Å². The van der Waals surface area contributed by atoms with E-state index in [1.54, 1.807) is 7.11 Å². The number of rotatable bonds is 7. The molecule has 28 heavy (non-hydrogen) atoms. The topological polar surface area (TPSA) is 36.5 Å². The van der Waals surface area contributed by atoms with Gasteiger partial charge in [-0.15, -0.1) is 0 Å². The zero-order valence-electron chi connectivity index (χ0n) is 17.6. The molecule has 4 nitrogen and oxygen atoms in total. The maximum Gasteiger partial charge on any atom is 0.142 e. The molecule has 2 N–H and O–H groups in total. The fraction of sp³-hybridized carbons (Fsp3) is 0.478. The monoisotopic (exact) mass is 385 g/mol. The van der Waals surface area contributed by atoms with Crippen LogP contribution in [-0.2, 0) is 0 Å². The third-order valence-corrected chi connectivity index (χ3v) is 6.02. The molecule has 0 amide bonds. The number of anilines is 1. The van der Waals surface area contributed by atoms with Crippen LogP contribution in [0, 0.1) is 0 Å². The average Bonchev–Trinajstić information content (AvgIpc) is 3.06. The number of ether oxygens (including phenoxy) is 1. The van der Waals surface area contributed by atoms with Gasteiger partial charge >= 0.3 is 0 Å². The Hall–Kier alpha value is -2.27. The summed E-state index contributed by atoms with van der Waals surface area (Å²) in [5.41, 5.74) is 5.53. The highest BCUT2D eigenvalue weighted by molar-refractivity contribution is 5.59. The summed E-state index contributed by atoms with van der Waals surface area (Å²) in [6, 6.07) is 6.10. The van der Waals surface area contributed by atoms with Gasteiger partial charge < -0.3 is 15.4 Å². The largest absolute Gasteiger partial charge is 0.495 e. The smallest absolute Gasteiger partial charge is 0.142 e. The van der Waals surface area contributed by atoms with E-state index in [0.29, 0.717) is 6.42 Å². The van der Waals surface area contributed by atoms with E-state index in [1.807, 2.05) is 39.4 Å². The number of alkyl halides is 1. The molecule has 2 aliphatic carbocycles. The van der Waals surface area contributed by atoms with Crippen LogP contribution in [0.25, 0.3) is 0 Å². The molecule has 0 heterocycles. The molecular formula is C23H32FN3O. The lowest BCUT2D eigenvalue weighted by Gasteiger charge is -2.34. The highest BCUT2D eigenvalue weighted by Crippen LogP contribution is 2.41. The number of hydrogen-bond donors (Lipinski definition) is 2. The van der Waals surface area contributed by atoms with Gasteiger partial charge in [0.1, 0.15) is 11.9 Å². The van der Waals surface area contributed by atoms with Crippen molar-refractivity contribution in [2.45, 2.75) is 51.4 Å². The molecule has 0 saturated heterocycles. The van der Waals surface area contributed by atoms with Crippen LogP contribution >= 0.6 is 0 Å². The number of likely N-dealkylation sites (N-methyl/N-ethyl adjacent to an activating group) is 1. The van der Waals surface area contributed by atoms with Crippen molar-refractivity contribution in [1.82, 2.24) is 10.2 Å². The van der Waals surface area contributed by atoms with Crippen LogP contribution in [-0.4, -0.2) is 38.3 Å². The van der Waals surface area contributed by atoms with Gasteiger partial charge in [0.15, 0.2) is 0 Å². The van der Waals surface area contributed by atoms with E-state index in [4.69, 9.17) is 4.74 Å². The molecule has 0 bridgehead atoms. The minimum absolute atomic E-state index is 0.0820. The van der Waals surface area contributed by atoms with Crippen LogP contribution in [0.1, 0.15) is 44.7 Å². The second-order valence-electron chi connectivity index (χ2n) is 7.68. The molecule has 0 spiro atoms. The molecule has 0 radical (unpaired) electrons. The van der Waals surface area contributed by atoms with E-state index in [-0.39, 0.29) is 12.1 Å². The molecule has 0 fully saturated rings. The van der Waals surface area contributed by atoms with Gasteiger partial charge in [-0.1, -0.05) is 18.2 Å². The summed E-state index contributed by atoms with van der Waals surface area (Å²) in [6.07, 6.45) is 7.88. The highest BCUT2D eigenvalue weighted by atomic mass is 19.1. The summed E-state index contributed by atoms with van der Waals surface area (Å²) < 4.78 is 20.5. The second kappa shape index (κ2) is 8.82. The molecule has 0 saturated carbocycles. The standard InChI is InChI=1S/C23H32FN3O/c1-15(25-3)14-26-21-11-10-17(13-22(21)28-5)16(2)27(4)23-19-9-7-6-8-18(19)12-20(23)24/h6,8,10-11,13-14,16,20,23,25-26H,7,9,12H2,1-5H3/b15-14-/t16?,20-,23?/m0/s1. The van der Waals surface area contributed by atoms with Gasteiger partial charge in [0.25, 0.3) is 0 Å². The third kappa shape index (κ3) is 4.09. The maximum absolute atomic E-state index is 14.9. The van der Waals surface area contributed by atoms with Crippen molar-refractivity contribution in [2.24, 2.45) is 0 Å². The number of hydrogen-bond acceptors (Lipinski definition) is 4. The lowest BCUT2D eigenvalue weighted by atomic mass is 9.95. The summed E-state index contributed by atoms with van der Waals surface area (Å²) in [6.45, 7) is 4.13. The van der Waals surface area contributed by atoms with Gasteiger partial charge in [-0.3, -0.25) is 4.90 Å². The van der Waals surface area contributed by atoms with Crippen LogP contribution in [0.2, 0.25) is 0 Å². The van der Waals surface area contributed by atoms with Gasteiger partial charge in [0, 0.05) is 31.4 Å². The third-order valence-electron chi connectivity index (χ3n) is 6.02. The van der Waals surface area contributed by atoms with E-state index < -0.39 is 6.17 Å². The zero-order chi connectivity index (χ0) is 20.3. The molecule has 0 aromatic heterocycles. The Kier molecular flexibility index (Phi) is 6.45. The molecule has 3 rings (SSSR count). The summed E-state index contributed by atoms with van der Waals surface area (Å²) >= 11 is 0. The first-order valence-electron chi connectivity index (χ1n) is 9.99. The Labute approximate surface area is 168 Å². The van der Waals surface area contributed by atoms with E-state index in [0.717, 1.165) is 35.5 Å². The Balaban J connectivity index is 1.81. The van der Waals surface area contributed by atoms with Gasteiger partial charge in [0.2, 0.25) is 0 Å². The van der Waals surface area contributed by atoms with Crippen LogP contribution in [0.15, 0.2) is 53.4 Å². The zero-order valence-corrected chi connectivity index (χ0v) is 17.6. The van der Waals surface area contributed by atoms with Crippen LogP contribution in [0.4, 0.5) is 10.1 Å². The molecule has 3 atom stereocenters. The summed E-state index contributed by atoms with van der Waals surface area (Å²) in [5, 5.41) is 6.35. The van der Waals surface area contributed by atoms with Gasteiger partial charge in [-0.2, -0.15) is 0 Å². The van der Waals surface area contributed by atoms with Gasteiger partial charge in [-0.05, 0) is 62.6 Å². The fourth-order valence-corrected chi connectivity index (χ4v) is 4.13. The lowest BCUT2D eigenvalue weighted by molar-refractivity contribution is 0.135. The van der Waals surface area contributed by atoms with E-state index >= 15 is 0 Å². The van der Waals surface area contributed by atoms with Crippen molar-refractivity contribution < 1.29 is 9.13 Å². The maximum atomic E-state index is 14.9. The quantitative estimate of drug-likeness (QED) is 0.697. The second-order valence-corrected chi connectivity index (χ2v) is 7.68. The summed E-state index contributed by atoms with van der Waals surface area (Å²) in [5.74, 6) is 0.779. The van der Waals surface area contributed by atoms with Crippen molar-refractivity contribution in [3.05, 3.63) is 59.0 Å². The van der Waals surface area contributed by atoms with Crippen LogP contribution < -0.4 is 15.4 Å². The van der Waals surface area contributed by atoms with E-state index in [2.05, 4.69) is 40.7 Å². The highest BCUT2D eigenvalue weighted by Gasteiger charge is 2.38. The summed E-state index contributed by atoms with van der Waals surface area (Å²) in [4.78, 5) is 2.18. The first-order chi connectivity index (χ1) is 13.5. The number of nitrogens with zero attached hydrogens (tertiary/aromatic N) is 1. The predicted octanol–water partition coefficient (Wildman–Crippen LogP) is 4.94. The minimum atomic E-state index is -0.835. The molecule has 0 aliphatic heterocycles. The van der Waals surface area contributed by atoms with E-state index in [1.165, 1.54) is 11.1 Å². The number of benzene rings is 1. The van der Waals surface area contributed by atoms with Crippen LogP contribution in [0.5, 0.6) is 5.75 Å². The number of nitrogens with one attached hydrogen (secondary N) is 2. The van der Waals surface area contributed by atoms with Gasteiger partial charge in [0.05, 0.1) is 18.8 Å². The van der Waals surface area contributed by atoms with Crippen molar-refractivity contribution in [3.63, 3.8) is 0 Å². The lowest BCUT2D eigenvalue weighted by Crippen LogP contribution is -2.39. The summed E-state index contributed by atoms with van der Waals surface area (Å²) in [7, 11) is 5.59. The van der Waals surface area contributed by atoms with Gasteiger partial charge in [-0.25, -0.2) is 4.39 Å². The molecule has 2 unspecified atom stereocenters. The molecule has 152 valence electrons. The Bertz CT molecular complexity index is 799. The Morgan fingerprint density at radius 3 is 2.89 bits per heavy atom. The number of methoxy groups -OCH3 is 1. The van der Waals surface area contributed by atoms with Crippen LogP contribution in [0.3, 0.4) is 0 Å². The SMILES string of the molecule is CN/C(C)=C\Nc1ccc(C(C)N(C)C2C3=C(C=CCC3)C[C@@H]2F)cc1OC. The van der Waals surface area contributed by atoms with Crippen molar-refractivity contribution in [1.29, 1.82) is 0 Å². The molecule has 1 aromatic rings. The molecular weight excluding hydrogens is 353 g/mol. The normalized spacial score (nSPS) is 23.0.